The summed E-state index contributed by atoms with van der Waals surface area (Å²) >= 11 is 0. The predicted molar refractivity (Wildman–Crippen MR) is 84.6 cm³/mol. The van der Waals surface area contributed by atoms with Gasteiger partial charge in [0.1, 0.15) is 11.9 Å². The fraction of sp³-hybridized carbons (Fsp3) is 0.529. The molecule has 22 heavy (non-hydrogen) atoms. The highest BCUT2D eigenvalue weighted by Gasteiger charge is 2.26. The molecule has 1 rings (SSSR count). The number of hydrogen-bond acceptors (Lipinski definition) is 2. The van der Waals surface area contributed by atoms with Crippen molar-refractivity contribution in [3.63, 3.8) is 0 Å². The van der Waals surface area contributed by atoms with Crippen LogP contribution in [0, 0.1) is 5.82 Å². The zero-order chi connectivity index (χ0) is 16.7. The molecule has 0 spiro atoms. The topological polar surface area (TPSA) is 49.4 Å². The van der Waals surface area contributed by atoms with E-state index in [-0.39, 0.29) is 36.6 Å². The summed E-state index contributed by atoms with van der Waals surface area (Å²) < 4.78 is 13.8. The standard InChI is InChI=1S/C17H25FN2O2/c1-5-12(3)19-17(22)13(4)20(16(21)6-2)11-14-9-7-8-10-15(14)18/h7-10,12-13H,5-6,11H2,1-4H3,(H,19,22)/t12-,13+/m0/s1. The molecule has 0 bridgehead atoms. The summed E-state index contributed by atoms with van der Waals surface area (Å²) in [6.45, 7) is 7.38. The lowest BCUT2D eigenvalue weighted by molar-refractivity contribution is -0.140. The normalized spacial score (nSPS) is 13.3. The van der Waals surface area contributed by atoms with E-state index in [4.69, 9.17) is 0 Å². The van der Waals surface area contributed by atoms with E-state index in [1.807, 2.05) is 13.8 Å². The molecule has 0 radical (unpaired) electrons. The molecule has 0 fully saturated rings. The first-order valence-corrected chi connectivity index (χ1v) is 7.73. The molecule has 2 atom stereocenters. The average Bonchev–Trinajstić information content (AvgIpc) is 2.52. The van der Waals surface area contributed by atoms with Gasteiger partial charge in [-0.2, -0.15) is 0 Å². The molecule has 0 heterocycles. The Balaban J connectivity index is 2.91. The van der Waals surface area contributed by atoms with Gasteiger partial charge in [0.2, 0.25) is 11.8 Å². The molecule has 0 aromatic heterocycles. The summed E-state index contributed by atoms with van der Waals surface area (Å²) in [7, 11) is 0. The number of hydrogen-bond donors (Lipinski definition) is 1. The minimum Gasteiger partial charge on any atom is -0.352 e. The molecule has 4 nitrogen and oxygen atoms in total. The van der Waals surface area contributed by atoms with Gasteiger partial charge in [-0.15, -0.1) is 0 Å². The van der Waals surface area contributed by atoms with Gasteiger partial charge in [0.25, 0.3) is 0 Å². The van der Waals surface area contributed by atoms with Gasteiger partial charge in [0.05, 0.1) is 0 Å². The third-order valence-corrected chi connectivity index (χ3v) is 3.77. The Morgan fingerprint density at radius 1 is 1.23 bits per heavy atom. The van der Waals surface area contributed by atoms with Gasteiger partial charge >= 0.3 is 0 Å². The summed E-state index contributed by atoms with van der Waals surface area (Å²) in [5, 5.41) is 2.86. The van der Waals surface area contributed by atoms with Gasteiger partial charge < -0.3 is 10.2 Å². The highest BCUT2D eigenvalue weighted by Crippen LogP contribution is 2.14. The maximum atomic E-state index is 13.8. The minimum atomic E-state index is -0.638. The summed E-state index contributed by atoms with van der Waals surface area (Å²) in [6.07, 6.45) is 1.09. The van der Waals surface area contributed by atoms with Crippen molar-refractivity contribution in [3.8, 4) is 0 Å². The highest BCUT2D eigenvalue weighted by atomic mass is 19.1. The van der Waals surface area contributed by atoms with Gasteiger partial charge in [-0.25, -0.2) is 4.39 Å². The van der Waals surface area contributed by atoms with Gasteiger partial charge in [-0.05, 0) is 26.3 Å². The molecule has 5 heteroatoms. The third kappa shape index (κ3) is 4.83. The van der Waals surface area contributed by atoms with Crippen molar-refractivity contribution in [2.75, 3.05) is 0 Å². The van der Waals surface area contributed by atoms with E-state index in [0.717, 1.165) is 6.42 Å². The Bertz CT molecular complexity index is 519. The molecule has 1 N–H and O–H groups in total. The molecule has 0 saturated heterocycles. The zero-order valence-corrected chi connectivity index (χ0v) is 13.7. The smallest absolute Gasteiger partial charge is 0.242 e. The first-order valence-electron chi connectivity index (χ1n) is 7.73. The molecule has 0 unspecified atom stereocenters. The molecule has 122 valence electrons. The van der Waals surface area contributed by atoms with Crippen LogP contribution in [0.2, 0.25) is 0 Å². The van der Waals surface area contributed by atoms with E-state index < -0.39 is 6.04 Å². The zero-order valence-electron chi connectivity index (χ0n) is 13.7. The van der Waals surface area contributed by atoms with Gasteiger partial charge in [0.15, 0.2) is 0 Å². The largest absolute Gasteiger partial charge is 0.352 e. The van der Waals surface area contributed by atoms with E-state index in [9.17, 15) is 14.0 Å². The molecule has 1 aromatic rings. The second-order valence-corrected chi connectivity index (χ2v) is 5.46. The molecule has 0 aliphatic rings. The number of nitrogens with one attached hydrogen (secondary N) is 1. The Morgan fingerprint density at radius 2 is 1.86 bits per heavy atom. The van der Waals surface area contributed by atoms with Crippen LogP contribution < -0.4 is 5.32 Å². The summed E-state index contributed by atoms with van der Waals surface area (Å²) in [5.41, 5.74) is 0.410. The van der Waals surface area contributed by atoms with E-state index in [2.05, 4.69) is 5.32 Å². The molecule has 0 aliphatic heterocycles. The van der Waals surface area contributed by atoms with Crippen molar-refractivity contribution in [1.82, 2.24) is 10.2 Å². The monoisotopic (exact) mass is 308 g/mol. The highest BCUT2D eigenvalue weighted by molar-refractivity contribution is 5.87. The fourth-order valence-corrected chi connectivity index (χ4v) is 2.06. The summed E-state index contributed by atoms with van der Waals surface area (Å²) in [6, 6.07) is 5.71. The van der Waals surface area contributed by atoms with Crippen LogP contribution >= 0.6 is 0 Å². The number of carbonyl (C=O) groups excluding carboxylic acids is 2. The second kappa shape index (κ2) is 8.51. The Kier molecular flexibility index (Phi) is 7.02. The molecule has 0 saturated carbocycles. The average molecular weight is 308 g/mol. The first kappa shape index (κ1) is 18.1. The Hall–Kier alpha value is -1.91. The Morgan fingerprint density at radius 3 is 2.41 bits per heavy atom. The first-order chi connectivity index (χ1) is 10.4. The van der Waals surface area contributed by atoms with Crippen LogP contribution in [0.1, 0.15) is 46.1 Å². The lowest BCUT2D eigenvalue weighted by Crippen LogP contribution is -2.49. The maximum Gasteiger partial charge on any atom is 0.242 e. The lowest BCUT2D eigenvalue weighted by Gasteiger charge is -2.29. The second-order valence-electron chi connectivity index (χ2n) is 5.46. The predicted octanol–water partition coefficient (Wildman–Crippen LogP) is 2.87. The van der Waals surface area contributed by atoms with Crippen LogP contribution in [0.4, 0.5) is 4.39 Å². The number of rotatable bonds is 7. The van der Waals surface area contributed by atoms with Crippen molar-refractivity contribution in [3.05, 3.63) is 35.6 Å². The number of amides is 2. The summed E-state index contributed by atoms with van der Waals surface area (Å²) in [5.74, 6) is -0.756. The van der Waals surface area contributed by atoms with Crippen molar-refractivity contribution in [2.45, 2.75) is 59.2 Å². The minimum absolute atomic E-state index is 0.0435. The van der Waals surface area contributed by atoms with E-state index in [1.165, 1.54) is 11.0 Å². The van der Waals surface area contributed by atoms with Gasteiger partial charge in [-0.1, -0.05) is 32.0 Å². The van der Waals surface area contributed by atoms with Crippen LogP contribution in [-0.4, -0.2) is 28.8 Å². The number of halogens is 1. The van der Waals surface area contributed by atoms with E-state index >= 15 is 0 Å². The fourth-order valence-electron chi connectivity index (χ4n) is 2.06. The van der Waals surface area contributed by atoms with Crippen molar-refractivity contribution in [1.29, 1.82) is 0 Å². The molecular formula is C17H25FN2O2. The molecule has 1 aromatic carbocycles. The van der Waals surface area contributed by atoms with Crippen LogP contribution in [0.25, 0.3) is 0 Å². The maximum absolute atomic E-state index is 13.8. The lowest BCUT2D eigenvalue weighted by atomic mass is 10.1. The molecule has 0 aliphatic carbocycles. The third-order valence-electron chi connectivity index (χ3n) is 3.77. The van der Waals surface area contributed by atoms with Crippen LogP contribution in [-0.2, 0) is 16.1 Å². The summed E-state index contributed by atoms with van der Waals surface area (Å²) in [4.78, 5) is 25.8. The SMILES string of the molecule is CCC(=O)N(Cc1ccccc1F)[C@H](C)C(=O)N[C@@H](C)CC. The van der Waals surface area contributed by atoms with Crippen molar-refractivity contribution in [2.24, 2.45) is 0 Å². The van der Waals surface area contributed by atoms with Gasteiger partial charge in [-0.3, -0.25) is 9.59 Å². The van der Waals surface area contributed by atoms with Crippen LogP contribution in [0.15, 0.2) is 24.3 Å². The van der Waals surface area contributed by atoms with E-state index in [1.54, 1.807) is 32.0 Å². The molecular weight excluding hydrogens is 283 g/mol. The quantitative estimate of drug-likeness (QED) is 0.842. The van der Waals surface area contributed by atoms with E-state index in [0.29, 0.717) is 5.56 Å². The number of nitrogens with zero attached hydrogens (tertiary/aromatic N) is 1. The van der Waals surface area contributed by atoms with Gasteiger partial charge in [0, 0.05) is 24.6 Å². The number of carbonyl (C=O) groups is 2. The number of benzene rings is 1. The van der Waals surface area contributed by atoms with Crippen LogP contribution in [0.3, 0.4) is 0 Å². The van der Waals surface area contributed by atoms with Crippen LogP contribution in [0.5, 0.6) is 0 Å². The van der Waals surface area contributed by atoms with Crippen molar-refractivity contribution >= 4 is 11.8 Å². The van der Waals surface area contributed by atoms with Crippen molar-refractivity contribution < 1.29 is 14.0 Å². The Labute approximate surface area is 131 Å². The molecule has 2 amide bonds.